The van der Waals surface area contributed by atoms with Gasteiger partial charge in [-0.25, -0.2) is 5.01 Å². The average molecular weight is 400 g/mol. The summed E-state index contributed by atoms with van der Waals surface area (Å²) in [5.74, 6) is -0.937. The van der Waals surface area contributed by atoms with Crippen LogP contribution < -0.4 is 5.43 Å². The van der Waals surface area contributed by atoms with E-state index in [4.69, 9.17) is 34.8 Å². The SMILES string of the molecule is CC(C)(C)N(NC(=O)c1ccc(Cl)cc1Cl)C(=O)c1ccccc1Cl. The average Bonchev–Trinajstić information content (AvgIpc) is 2.51. The quantitative estimate of drug-likeness (QED) is 0.703. The monoisotopic (exact) mass is 398 g/mol. The first kappa shape index (κ1) is 19.6. The van der Waals surface area contributed by atoms with Crippen LogP contribution in [0.2, 0.25) is 15.1 Å². The highest BCUT2D eigenvalue weighted by Gasteiger charge is 2.31. The molecule has 0 radical (unpaired) electrons. The van der Waals surface area contributed by atoms with Crippen LogP contribution in [0, 0.1) is 0 Å². The van der Waals surface area contributed by atoms with Crippen molar-refractivity contribution in [2.24, 2.45) is 0 Å². The van der Waals surface area contributed by atoms with Gasteiger partial charge >= 0.3 is 0 Å². The second-order valence-corrected chi connectivity index (χ2v) is 7.61. The van der Waals surface area contributed by atoms with E-state index in [-0.39, 0.29) is 10.6 Å². The molecular formula is C18H17Cl3N2O2. The third-order valence-corrected chi connectivity index (χ3v) is 4.24. The summed E-state index contributed by atoms with van der Waals surface area (Å²) in [5.41, 5.74) is 2.44. The third kappa shape index (κ3) is 4.66. The summed E-state index contributed by atoms with van der Waals surface area (Å²) in [6, 6.07) is 11.2. The molecule has 7 heteroatoms. The van der Waals surface area contributed by atoms with Crippen molar-refractivity contribution < 1.29 is 9.59 Å². The van der Waals surface area contributed by atoms with E-state index in [2.05, 4.69) is 5.43 Å². The summed E-state index contributed by atoms with van der Waals surface area (Å²) in [5, 5.41) is 2.16. The van der Waals surface area contributed by atoms with Crippen molar-refractivity contribution in [3.05, 3.63) is 68.7 Å². The zero-order chi connectivity index (χ0) is 18.8. The minimum atomic E-state index is -0.690. The number of benzene rings is 2. The number of nitrogens with zero attached hydrogens (tertiary/aromatic N) is 1. The van der Waals surface area contributed by atoms with E-state index in [1.165, 1.54) is 17.1 Å². The Morgan fingerprint density at radius 3 is 2.12 bits per heavy atom. The summed E-state index contributed by atoms with van der Waals surface area (Å²) < 4.78 is 0. The smallest absolute Gasteiger partial charge is 0.267 e. The Kier molecular flexibility index (Phi) is 5.99. The van der Waals surface area contributed by atoms with Crippen LogP contribution in [0.3, 0.4) is 0 Å². The first-order valence-electron chi connectivity index (χ1n) is 7.46. The largest absolute Gasteiger partial charge is 0.274 e. The van der Waals surface area contributed by atoms with Crippen molar-refractivity contribution in [2.75, 3.05) is 0 Å². The molecule has 25 heavy (non-hydrogen) atoms. The van der Waals surface area contributed by atoms with Gasteiger partial charge in [-0.3, -0.25) is 15.0 Å². The molecule has 0 aliphatic carbocycles. The van der Waals surface area contributed by atoms with Crippen LogP contribution in [-0.2, 0) is 0 Å². The molecule has 0 aliphatic rings. The van der Waals surface area contributed by atoms with E-state index in [9.17, 15) is 9.59 Å². The van der Waals surface area contributed by atoms with Crippen LogP contribution in [0.1, 0.15) is 41.5 Å². The van der Waals surface area contributed by atoms with E-state index in [0.717, 1.165) is 0 Å². The summed E-state index contributed by atoms with van der Waals surface area (Å²) >= 11 is 18.0. The number of carbonyl (C=O) groups is 2. The Bertz CT molecular complexity index is 816. The molecule has 1 N–H and O–H groups in total. The van der Waals surface area contributed by atoms with Crippen molar-refractivity contribution in [1.82, 2.24) is 10.4 Å². The molecule has 0 saturated heterocycles. The molecule has 132 valence electrons. The van der Waals surface area contributed by atoms with Crippen molar-refractivity contribution in [3.8, 4) is 0 Å². The lowest BCUT2D eigenvalue weighted by molar-refractivity contribution is 0.0359. The molecule has 0 aromatic heterocycles. The standard InChI is InChI=1S/C18H17Cl3N2O2/c1-18(2,3)23(17(25)13-6-4-5-7-14(13)20)22-16(24)12-9-8-11(19)10-15(12)21/h4-10H,1-3H3,(H,22,24). The maximum Gasteiger partial charge on any atom is 0.274 e. The fourth-order valence-electron chi connectivity index (χ4n) is 2.11. The molecule has 0 bridgehead atoms. The van der Waals surface area contributed by atoms with Gasteiger partial charge in [-0.1, -0.05) is 46.9 Å². The predicted octanol–water partition coefficient (Wildman–Crippen LogP) is 5.23. The van der Waals surface area contributed by atoms with Gasteiger partial charge in [0.2, 0.25) is 0 Å². The Hall–Kier alpha value is -1.75. The maximum absolute atomic E-state index is 12.9. The highest BCUT2D eigenvalue weighted by Crippen LogP contribution is 2.23. The summed E-state index contributed by atoms with van der Waals surface area (Å²) in [7, 11) is 0. The molecule has 0 atom stereocenters. The van der Waals surface area contributed by atoms with Crippen molar-refractivity contribution in [1.29, 1.82) is 0 Å². The van der Waals surface area contributed by atoms with E-state index >= 15 is 0 Å². The molecule has 0 heterocycles. The lowest BCUT2D eigenvalue weighted by atomic mass is 10.1. The van der Waals surface area contributed by atoms with Crippen LogP contribution in [0.15, 0.2) is 42.5 Å². The Labute approximate surface area is 161 Å². The number of hydrazine groups is 1. The van der Waals surface area contributed by atoms with Gasteiger partial charge in [-0.15, -0.1) is 0 Å². The lowest BCUT2D eigenvalue weighted by Crippen LogP contribution is -2.56. The van der Waals surface area contributed by atoms with Crippen molar-refractivity contribution >= 4 is 46.6 Å². The van der Waals surface area contributed by atoms with Crippen LogP contribution in [-0.4, -0.2) is 22.4 Å². The maximum atomic E-state index is 12.9. The van der Waals surface area contributed by atoms with E-state index < -0.39 is 17.4 Å². The molecule has 0 aliphatic heterocycles. The first-order chi connectivity index (χ1) is 11.6. The number of halogens is 3. The Morgan fingerprint density at radius 1 is 0.920 bits per heavy atom. The normalized spacial score (nSPS) is 11.1. The number of hydrogen-bond acceptors (Lipinski definition) is 2. The molecule has 0 saturated carbocycles. The molecule has 0 spiro atoms. The van der Waals surface area contributed by atoms with Crippen LogP contribution in [0.25, 0.3) is 0 Å². The first-order valence-corrected chi connectivity index (χ1v) is 8.60. The Morgan fingerprint density at radius 2 is 1.56 bits per heavy atom. The van der Waals surface area contributed by atoms with Gasteiger partial charge in [-0.05, 0) is 51.1 Å². The highest BCUT2D eigenvalue weighted by atomic mass is 35.5. The van der Waals surface area contributed by atoms with Crippen LogP contribution >= 0.6 is 34.8 Å². The molecule has 2 amide bonds. The minimum Gasteiger partial charge on any atom is -0.267 e. The molecule has 0 fully saturated rings. The van der Waals surface area contributed by atoms with Gasteiger partial charge in [0.25, 0.3) is 11.8 Å². The van der Waals surface area contributed by atoms with E-state index in [1.54, 1.807) is 51.1 Å². The van der Waals surface area contributed by atoms with E-state index in [0.29, 0.717) is 15.6 Å². The summed E-state index contributed by atoms with van der Waals surface area (Å²) in [6.45, 7) is 5.39. The van der Waals surface area contributed by atoms with Gasteiger partial charge in [-0.2, -0.15) is 0 Å². The number of hydrogen-bond donors (Lipinski definition) is 1. The van der Waals surface area contributed by atoms with Gasteiger partial charge in [0.15, 0.2) is 0 Å². The zero-order valence-corrected chi connectivity index (χ0v) is 16.2. The molecule has 0 unspecified atom stereocenters. The number of amides is 2. The Balaban J connectivity index is 2.34. The number of nitrogens with one attached hydrogen (secondary N) is 1. The van der Waals surface area contributed by atoms with Gasteiger partial charge in [0, 0.05) is 5.02 Å². The summed E-state index contributed by atoms with van der Waals surface area (Å²) in [4.78, 5) is 25.5. The minimum absolute atomic E-state index is 0.198. The van der Waals surface area contributed by atoms with E-state index in [1.807, 2.05) is 0 Å². The zero-order valence-electron chi connectivity index (χ0n) is 13.9. The number of rotatable bonds is 2. The van der Waals surface area contributed by atoms with Crippen molar-refractivity contribution in [3.63, 3.8) is 0 Å². The molecule has 2 aromatic rings. The topological polar surface area (TPSA) is 49.4 Å². The predicted molar refractivity (Wildman–Crippen MR) is 101 cm³/mol. The van der Waals surface area contributed by atoms with Crippen LogP contribution in [0.4, 0.5) is 0 Å². The van der Waals surface area contributed by atoms with Gasteiger partial charge in [0.05, 0.1) is 26.7 Å². The molecule has 2 aromatic carbocycles. The number of carbonyl (C=O) groups excluding carboxylic acids is 2. The highest BCUT2D eigenvalue weighted by molar-refractivity contribution is 6.36. The fraction of sp³-hybridized carbons (Fsp3) is 0.222. The molecular weight excluding hydrogens is 383 g/mol. The van der Waals surface area contributed by atoms with Gasteiger partial charge < -0.3 is 0 Å². The molecule has 4 nitrogen and oxygen atoms in total. The van der Waals surface area contributed by atoms with Gasteiger partial charge in [0.1, 0.15) is 0 Å². The third-order valence-electron chi connectivity index (χ3n) is 3.37. The fourth-order valence-corrected chi connectivity index (χ4v) is 2.82. The second kappa shape index (κ2) is 7.65. The molecule has 2 rings (SSSR count). The van der Waals surface area contributed by atoms with Crippen LogP contribution in [0.5, 0.6) is 0 Å². The lowest BCUT2D eigenvalue weighted by Gasteiger charge is -2.35. The van der Waals surface area contributed by atoms with Crippen molar-refractivity contribution in [2.45, 2.75) is 26.3 Å². The second-order valence-electron chi connectivity index (χ2n) is 6.36. The summed E-state index contributed by atoms with van der Waals surface area (Å²) in [6.07, 6.45) is 0.